The maximum Gasteiger partial charge on any atom is 0.128 e. The third kappa shape index (κ3) is 2.12. The van der Waals surface area contributed by atoms with Gasteiger partial charge in [-0.3, -0.25) is 0 Å². The van der Waals surface area contributed by atoms with Crippen LogP contribution in [-0.2, 0) is 6.54 Å². The van der Waals surface area contributed by atoms with Gasteiger partial charge in [-0.25, -0.2) is 4.98 Å². The van der Waals surface area contributed by atoms with Crippen LogP contribution in [0.4, 0.5) is 5.82 Å². The molecule has 1 aliphatic heterocycles. The Labute approximate surface area is 110 Å². The van der Waals surface area contributed by atoms with Gasteiger partial charge in [0.2, 0.25) is 0 Å². The maximum atomic E-state index is 4.79. The summed E-state index contributed by atoms with van der Waals surface area (Å²) in [6, 6.07) is 4.42. The molecular formula is C15H23N3. The molecule has 0 aromatic carbocycles. The number of hydrogen-bond donors (Lipinski definition) is 1. The van der Waals surface area contributed by atoms with Crippen LogP contribution < -0.4 is 10.2 Å². The van der Waals surface area contributed by atoms with Crippen LogP contribution in [0.5, 0.6) is 0 Å². The predicted molar refractivity (Wildman–Crippen MR) is 74.8 cm³/mol. The summed E-state index contributed by atoms with van der Waals surface area (Å²) in [5, 5.41) is 3.19. The van der Waals surface area contributed by atoms with Crippen molar-refractivity contribution in [3.05, 3.63) is 23.4 Å². The lowest BCUT2D eigenvalue weighted by molar-refractivity contribution is 0.494. The van der Waals surface area contributed by atoms with Crippen molar-refractivity contribution in [3.8, 4) is 0 Å². The van der Waals surface area contributed by atoms with E-state index in [-0.39, 0.29) is 0 Å². The van der Waals surface area contributed by atoms with E-state index in [0.29, 0.717) is 0 Å². The van der Waals surface area contributed by atoms with Crippen molar-refractivity contribution >= 4 is 5.82 Å². The van der Waals surface area contributed by atoms with Crippen molar-refractivity contribution in [1.29, 1.82) is 0 Å². The third-order valence-electron chi connectivity index (χ3n) is 4.60. The first-order chi connectivity index (χ1) is 8.78. The molecule has 98 valence electrons. The van der Waals surface area contributed by atoms with Crippen molar-refractivity contribution in [1.82, 2.24) is 10.3 Å². The highest BCUT2D eigenvalue weighted by atomic mass is 15.2. The molecule has 3 nitrogen and oxygen atoms in total. The Kier molecular flexibility index (Phi) is 3.25. The van der Waals surface area contributed by atoms with Gasteiger partial charge in [0.1, 0.15) is 5.82 Å². The molecular weight excluding hydrogens is 222 g/mol. The lowest BCUT2D eigenvalue weighted by Gasteiger charge is -2.19. The Hall–Kier alpha value is -1.09. The second kappa shape index (κ2) is 4.88. The topological polar surface area (TPSA) is 28.2 Å². The maximum absolute atomic E-state index is 4.79. The zero-order chi connectivity index (χ0) is 12.5. The van der Waals surface area contributed by atoms with Gasteiger partial charge in [0, 0.05) is 25.3 Å². The number of aryl methyl sites for hydroxylation is 1. The Balaban J connectivity index is 1.75. The van der Waals surface area contributed by atoms with Crippen molar-refractivity contribution < 1.29 is 0 Å². The molecule has 1 aliphatic carbocycles. The minimum Gasteiger partial charge on any atom is -0.356 e. The second-order valence-corrected chi connectivity index (χ2v) is 5.80. The highest BCUT2D eigenvalue weighted by molar-refractivity contribution is 5.43. The zero-order valence-corrected chi connectivity index (χ0v) is 11.4. The molecule has 0 radical (unpaired) electrons. The molecule has 0 bridgehead atoms. The van der Waals surface area contributed by atoms with Gasteiger partial charge in [0.15, 0.2) is 0 Å². The number of nitrogens with zero attached hydrogens (tertiary/aromatic N) is 2. The molecule has 0 spiro atoms. The van der Waals surface area contributed by atoms with E-state index in [1.807, 2.05) is 7.05 Å². The molecule has 1 saturated carbocycles. The Morgan fingerprint density at radius 2 is 2.00 bits per heavy atom. The summed E-state index contributed by atoms with van der Waals surface area (Å²) in [5.41, 5.74) is 2.47. The molecule has 0 amide bonds. The van der Waals surface area contributed by atoms with Crippen molar-refractivity contribution in [3.63, 3.8) is 0 Å². The van der Waals surface area contributed by atoms with Crippen LogP contribution in [0.25, 0.3) is 0 Å². The van der Waals surface area contributed by atoms with Gasteiger partial charge in [-0.2, -0.15) is 0 Å². The average Bonchev–Trinajstić information content (AvgIpc) is 2.92. The van der Waals surface area contributed by atoms with Gasteiger partial charge < -0.3 is 10.2 Å². The number of hydrogen-bond acceptors (Lipinski definition) is 3. The lowest BCUT2D eigenvalue weighted by atomic mass is 10.0. The standard InChI is InChI=1S/C15H23N3/c1-11-12(8-16-2)6-7-15(17-11)18-9-13-4-3-5-14(13)10-18/h6-7,13-14,16H,3-5,8-10H2,1-2H3. The number of pyridine rings is 1. The average molecular weight is 245 g/mol. The fourth-order valence-corrected chi connectivity index (χ4v) is 3.55. The molecule has 2 unspecified atom stereocenters. The molecule has 18 heavy (non-hydrogen) atoms. The van der Waals surface area contributed by atoms with E-state index in [1.54, 1.807) is 0 Å². The van der Waals surface area contributed by atoms with Crippen LogP contribution in [0, 0.1) is 18.8 Å². The quantitative estimate of drug-likeness (QED) is 0.886. The van der Waals surface area contributed by atoms with Crippen LogP contribution in [0.2, 0.25) is 0 Å². The van der Waals surface area contributed by atoms with Crippen LogP contribution >= 0.6 is 0 Å². The molecule has 2 heterocycles. The van der Waals surface area contributed by atoms with Crippen LogP contribution in [0.1, 0.15) is 30.5 Å². The smallest absolute Gasteiger partial charge is 0.128 e. The van der Waals surface area contributed by atoms with Crippen LogP contribution in [0.15, 0.2) is 12.1 Å². The zero-order valence-electron chi connectivity index (χ0n) is 11.4. The predicted octanol–water partition coefficient (Wildman–Crippen LogP) is 2.35. The summed E-state index contributed by atoms with van der Waals surface area (Å²) in [7, 11) is 1.98. The Morgan fingerprint density at radius 3 is 2.61 bits per heavy atom. The van der Waals surface area contributed by atoms with E-state index in [4.69, 9.17) is 4.98 Å². The molecule has 1 N–H and O–H groups in total. The number of anilines is 1. The van der Waals surface area contributed by atoms with Gasteiger partial charge in [-0.15, -0.1) is 0 Å². The summed E-state index contributed by atoms with van der Waals surface area (Å²) in [6.07, 6.45) is 4.30. The highest BCUT2D eigenvalue weighted by Gasteiger charge is 2.36. The summed E-state index contributed by atoms with van der Waals surface area (Å²) in [4.78, 5) is 7.28. The summed E-state index contributed by atoms with van der Waals surface area (Å²) in [6.45, 7) is 5.47. The van der Waals surface area contributed by atoms with Crippen molar-refractivity contribution in [2.75, 3.05) is 25.0 Å². The summed E-state index contributed by atoms with van der Waals surface area (Å²) < 4.78 is 0. The first kappa shape index (κ1) is 12.0. The first-order valence-electron chi connectivity index (χ1n) is 7.14. The molecule has 1 aromatic rings. The molecule has 1 aromatic heterocycles. The van der Waals surface area contributed by atoms with E-state index < -0.39 is 0 Å². The van der Waals surface area contributed by atoms with E-state index in [0.717, 1.165) is 18.4 Å². The minimum absolute atomic E-state index is 0.907. The van der Waals surface area contributed by atoms with E-state index >= 15 is 0 Å². The van der Waals surface area contributed by atoms with Crippen molar-refractivity contribution in [2.24, 2.45) is 11.8 Å². The van der Waals surface area contributed by atoms with E-state index in [9.17, 15) is 0 Å². The van der Waals surface area contributed by atoms with Gasteiger partial charge in [-0.05, 0) is 50.3 Å². The summed E-state index contributed by atoms with van der Waals surface area (Å²) >= 11 is 0. The third-order valence-corrected chi connectivity index (χ3v) is 4.60. The number of nitrogens with one attached hydrogen (secondary N) is 1. The van der Waals surface area contributed by atoms with E-state index in [2.05, 4.69) is 29.3 Å². The Morgan fingerprint density at radius 1 is 1.28 bits per heavy atom. The van der Waals surface area contributed by atoms with Gasteiger partial charge in [0.05, 0.1) is 0 Å². The largest absolute Gasteiger partial charge is 0.356 e. The monoisotopic (exact) mass is 245 g/mol. The number of fused-ring (bicyclic) bond motifs is 1. The fourth-order valence-electron chi connectivity index (χ4n) is 3.55. The Bertz CT molecular complexity index is 418. The number of rotatable bonds is 3. The van der Waals surface area contributed by atoms with Crippen LogP contribution in [0.3, 0.4) is 0 Å². The van der Waals surface area contributed by atoms with Crippen molar-refractivity contribution in [2.45, 2.75) is 32.7 Å². The summed E-state index contributed by atoms with van der Waals surface area (Å²) in [5.74, 6) is 3.05. The fraction of sp³-hybridized carbons (Fsp3) is 0.667. The molecule has 2 aliphatic rings. The molecule has 3 rings (SSSR count). The van der Waals surface area contributed by atoms with Gasteiger partial charge in [-0.1, -0.05) is 12.5 Å². The number of aromatic nitrogens is 1. The molecule has 2 atom stereocenters. The van der Waals surface area contributed by atoms with E-state index in [1.165, 1.54) is 49.4 Å². The highest BCUT2D eigenvalue weighted by Crippen LogP contribution is 2.39. The molecule has 1 saturated heterocycles. The van der Waals surface area contributed by atoms with Crippen LogP contribution in [-0.4, -0.2) is 25.1 Å². The second-order valence-electron chi connectivity index (χ2n) is 5.80. The normalized spacial score (nSPS) is 26.7. The van der Waals surface area contributed by atoms with Gasteiger partial charge in [0.25, 0.3) is 0 Å². The lowest BCUT2D eigenvalue weighted by Crippen LogP contribution is -2.22. The SMILES string of the molecule is CNCc1ccc(N2CC3CCCC3C2)nc1C. The molecule has 2 fully saturated rings. The van der Waals surface area contributed by atoms with Gasteiger partial charge >= 0.3 is 0 Å². The minimum atomic E-state index is 0.907. The first-order valence-corrected chi connectivity index (χ1v) is 7.14. The molecule has 3 heteroatoms.